The Kier molecular flexibility index (Phi) is 6.36. The van der Waals surface area contributed by atoms with Crippen LogP contribution in [0.3, 0.4) is 0 Å². The molecular formula is C17H23BrFN5. The average molecular weight is 396 g/mol. The lowest BCUT2D eigenvalue weighted by molar-refractivity contribution is 0.625. The molecule has 1 heterocycles. The van der Waals surface area contributed by atoms with Crippen LogP contribution in [0.5, 0.6) is 0 Å². The number of nitrogens with one attached hydrogen (secondary N) is 2. The van der Waals surface area contributed by atoms with Crippen LogP contribution in [0.1, 0.15) is 29.4 Å². The second-order valence-electron chi connectivity index (χ2n) is 5.56. The van der Waals surface area contributed by atoms with Crippen LogP contribution in [-0.4, -0.2) is 22.3 Å². The van der Waals surface area contributed by atoms with Gasteiger partial charge in [0.2, 0.25) is 0 Å². The largest absolute Gasteiger partial charge is 0.357 e. The Balaban J connectivity index is 2.09. The van der Waals surface area contributed by atoms with Gasteiger partial charge in [0.25, 0.3) is 0 Å². The highest BCUT2D eigenvalue weighted by Crippen LogP contribution is 2.18. The van der Waals surface area contributed by atoms with E-state index in [4.69, 9.17) is 0 Å². The second-order valence-corrected chi connectivity index (χ2v) is 6.41. The monoisotopic (exact) mass is 395 g/mol. The maximum atomic E-state index is 13.4. The Hall–Kier alpha value is -1.89. The number of aryl methyl sites for hydroxylation is 2. The van der Waals surface area contributed by atoms with Gasteiger partial charge in [0, 0.05) is 35.9 Å². The molecule has 0 spiro atoms. The lowest BCUT2D eigenvalue weighted by Gasteiger charge is -2.12. The second kappa shape index (κ2) is 8.28. The first kappa shape index (κ1) is 18.4. The van der Waals surface area contributed by atoms with Gasteiger partial charge in [0.05, 0.1) is 12.2 Å². The molecule has 2 rings (SSSR count). The summed E-state index contributed by atoms with van der Waals surface area (Å²) in [6.07, 6.45) is 0. The van der Waals surface area contributed by atoms with E-state index in [2.05, 4.69) is 36.7 Å². The van der Waals surface area contributed by atoms with E-state index in [0.717, 1.165) is 33.5 Å². The third kappa shape index (κ3) is 4.56. The summed E-state index contributed by atoms with van der Waals surface area (Å²) < 4.78 is 16.1. The van der Waals surface area contributed by atoms with Crippen LogP contribution in [0.15, 0.2) is 27.7 Å². The standard InChI is InChI=1S/C17H23BrFN5/c1-5-20-17(21-9-13-8-14(19)6-7-16(13)18)22-10-15-11(2)23-24(4)12(15)3/h6-8H,5,9-10H2,1-4H3,(H2,20,21,22). The van der Waals surface area contributed by atoms with Crippen LogP contribution in [0, 0.1) is 19.7 Å². The van der Waals surface area contributed by atoms with Gasteiger partial charge in [-0.1, -0.05) is 15.9 Å². The van der Waals surface area contributed by atoms with Crippen LogP contribution in [0.2, 0.25) is 0 Å². The van der Waals surface area contributed by atoms with Crippen LogP contribution >= 0.6 is 15.9 Å². The zero-order valence-corrected chi connectivity index (χ0v) is 16.0. The van der Waals surface area contributed by atoms with Crippen molar-refractivity contribution in [1.82, 2.24) is 20.4 Å². The quantitative estimate of drug-likeness (QED) is 0.603. The first-order valence-corrected chi connectivity index (χ1v) is 8.66. The Bertz CT molecular complexity index is 739. The summed E-state index contributed by atoms with van der Waals surface area (Å²) in [6.45, 7) is 7.83. The number of guanidine groups is 1. The lowest BCUT2D eigenvalue weighted by atomic mass is 10.2. The van der Waals surface area contributed by atoms with Gasteiger partial charge < -0.3 is 10.6 Å². The Labute approximate surface area is 150 Å². The predicted octanol–water partition coefficient (Wildman–Crippen LogP) is 3.19. The van der Waals surface area contributed by atoms with Gasteiger partial charge in [-0.05, 0) is 44.5 Å². The average Bonchev–Trinajstić information content (AvgIpc) is 2.78. The third-order valence-corrected chi connectivity index (χ3v) is 4.62. The van der Waals surface area contributed by atoms with Gasteiger partial charge in [-0.15, -0.1) is 0 Å². The molecule has 2 aromatic rings. The molecule has 0 fully saturated rings. The third-order valence-electron chi connectivity index (χ3n) is 3.85. The molecule has 2 N–H and O–H groups in total. The van der Waals surface area contributed by atoms with E-state index in [9.17, 15) is 4.39 Å². The highest BCUT2D eigenvalue weighted by molar-refractivity contribution is 9.10. The normalized spacial score (nSPS) is 11.7. The molecule has 0 aliphatic rings. The van der Waals surface area contributed by atoms with Crippen LogP contribution < -0.4 is 10.6 Å². The van der Waals surface area contributed by atoms with Crippen LogP contribution in [0.25, 0.3) is 0 Å². The first-order chi connectivity index (χ1) is 11.4. The smallest absolute Gasteiger partial charge is 0.191 e. The van der Waals surface area contributed by atoms with E-state index in [1.807, 2.05) is 32.5 Å². The number of nitrogens with zero attached hydrogens (tertiary/aromatic N) is 3. The Morgan fingerprint density at radius 2 is 2.08 bits per heavy atom. The Morgan fingerprint density at radius 1 is 1.33 bits per heavy atom. The number of hydrogen-bond acceptors (Lipinski definition) is 2. The van der Waals surface area contributed by atoms with Gasteiger partial charge in [0.15, 0.2) is 5.96 Å². The first-order valence-electron chi connectivity index (χ1n) is 7.87. The van der Waals surface area contributed by atoms with E-state index in [1.165, 1.54) is 12.1 Å². The van der Waals surface area contributed by atoms with Crippen molar-refractivity contribution in [2.45, 2.75) is 33.9 Å². The number of benzene rings is 1. The molecule has 130 valence electrons. The number of hydrogen-bond donors (Lipinski definition) is 2. The van der Waals surface area contributed by atoms with Crippen molar-refractivity contribution < 1.29 is 4.39 Å². The molecule has 0 radical (unpaired) electrons. The number of aromatic nitrogens is 2. The summed E-state index contributed by atoms with van der Waals surface area (Å²) in [5, 5.41) is 10.9. The maximum absolute atomic E-state index is 13.4. The summed E-state index contributed by atoms with van der Waals surface area (Å²) in [5.74, 6) is 0.430. The predicted molar refractivity (Wildman–Crippen MR) is 98.4 cm³/mol. The minimum absolute atomic E-state index is 0.261. The lowest BCUT2D eigenvalue weighted by Crippen LogP contribution is -2.37. The molecule has 0 amide bonds. The molecule has 0 aliphatic heterocycles. The molecule has 0 unspecified atom stereocenters. The molecular weight excluding hydrogens is 373 g/mol. The van der Waals surface area contributed by atoms with E-state index < -0.39 is 0 Å². The molecule has 7 heteroatoms. The van der Waals surface area contributed by atoms with Crippen molar-refractivity contribution in [1.29, 1.82) is 0 Å². The highest BCUT2D eigenvalue weighted by atomic mass is 79.9. The van der Waals surface area contributed by atoms with Crippen LogP contribution in [0.4, 0.5) is 4.39 Å². The summed E-state index contributed by atoms with van der Waals surface area (Å²) >= 11 is 3.43. The fourth-order valence-corrected chi connectivity index (χ4v) is 2.79. The van der Waals surface area contributed by atoms with E-state index >= 15 is 0 Å². The summed E-state index contributed by atoms with van der Waals surface area (Å²) in [4.78, 5) is 4.54. The minimum atomic E-state index is -0.261. The molecule has 0 bridgehead atoms. The van der Waals surface area contributed by atoms with Crippen molar-refractivity contribution in [2.24, 2.45) is 12.0 Å². The molecule has 0 aliphatic carbocycles. The fraction of sp³-hybridized carbons (Fsp3) is 0.412. The van der Waals surface area contributed by atoms with E-state index in [-0.39, 0.29) is 5.82 Å². The SMILES string of the molecule is CCNC(=NCc1cc(F)ccc1Br)NCc1c(C)nn(C)c1C. The summed E-state index contributed by atoms with van der Waals surface area (Å²) in [7, 11) is 1.94. The molecule has 1 aromatic heterocycles. The highest BCUT2D eigenvalue weighted by Gasteiger charge is 2.10. The van der Waals surface area contributed by atoms with Crippen molar-refractivity contribution in [3.8, 4) is 0 Å². The zero-order chi connectivity index (χ0) is 17.7. The van der Waals surface area contributed by atoms with E-state index in [0.29, 0.717) is 19.0 Å². The van der Waals surface area contributed by atoms with Crippen LogP contribution in [-0.2, 0) is 20.1 Å². The number of halogens is 2. The van der Waals surface area contributed by atoms with Crippen molar-refractivity contribution >= 4 is 21.9 Å². The van der Waals surface area contributed by atoms with Crippen molar-refractivity contribution in [3.63, 3.8) is 0 Å². The minimum Gasteiger partial charge on any atom is -0.357 e. The zero-order valence-electron chi connectivity index (χ0n) is 14.5. The maximum Gasteiger partial charge on any atom is 0.191 e. The van der Waals surface area contributed by atoms with Crippen molar-refractivity contribution in [3.05, 3.63) is 51.0 Å². The molecule has 0 atom stereocenters. The van der Waals surface area contributed by atoms with E-state index in [1.54, 1.807) is 6.07 Å². The van der Waals surface area contributed by atoms with Gasteiger partial charge in [-0.25, -0.2) is 9.38 Å². The topological polar surface area (TPSA) is 54.2 Å². The molecule has 24 heavy (non-hydrogen) atoms. The molecule has 0 saturated heterocycles. The molecule has 5 nitrogen and oxygen atoms in total. The van der Waals surface area contributed by atoms with Gasteiger partial charge in [0.1, 0.15) is 5.82 Å². The van der Waals surface area contributed by atoms with Gasteiger partial charge >= 0.3 is 0 Å². The molecule has 0 saturated carbocycles. The Morgan fingerprint density at radius 3 is 2.71 bits per heavy atom. The van der Waals surface area contributed by atoms with Gasteiger partial charge in [-0.3, -0.25) is 4.68 Å². The number of rotatable bonds is 5. The van der Waals surface area contributed by atoms with Gasteiger partial charge in [-0.2, -0.15) is 5.10 Å². The fourth-order valence-electron chi connectivity index (χ4n) is 2.42. The summed E-state index contributed by atoms with van der Waals surface area (Å²) in [5.41, 5.74) is 4.10. The molecule has 1 aromatic carbocycles. The van der Waals surface area contributed by atoms with Crippen molar-refractivity contribution in [2.75, 3.05) is 6.54 Å². The summed E-state index contributed by atoms with van der Waals surface area (Å²) in [6, 6.07) is 4.62. The number of aliphatic imine (C=N–C) groups is 1.